The summed E-state index contributed by atoms with van der Waals surface area (Å²) in [6.07, 6.45) is 1.92. The highest BCUT2D eigenvalue weighted by atomic mass is 32.2. The van der Waals surface area contributed by atoms with E-state index in [1.54, 1.807) is 4.90 Å². The molecular weight excluding hydrogens is 278 g/mol. The predicted octanol–water partition coefficient (Wildman–Crippen LogP) is 0.245. The molecule has 2 N–H and O–H groups in total. The van der Waals surface area contributed by atoms with E-state index in [0.717, 1.165) is 6.42 Å². The highest BCUT2D eigenvalue weighted by Crippen LogP contribution is 2.12. The van der Waals surface area contributed by atoms with E-state index < -0.39 is 10.0 Å². The van der Waals surface area contributed by atoms with E-state index in [4.69, 9.17) is 5.73 Å². The van der Waals surface area contributed by atoms with Crippen LogP contribution in [-0.2, 0) is 14.8 Å². The molecule has 1 aliphatic heterocycles. The van der Waals surface area contributed by atoms with Crippen LogP contribution in [0.1, 0.15) is 33.1 Å². The van der Waals surface area contributed by atoms with Crippen LogP contribution in [0.15, 0.2) is 0 Å². The highest BCUT2D eigenvalue weighted by Gasteiger charge is 2.27. The van der Waals surface area contributed by atoms with Crippen LogP contribution in [0, 0.1) is 5.92 Å². The van der Waals surface area contributed by atoms with Gasteiger partial charge in [0.15, 0.2) is 0 Å². The summed E-state index contributed by atoms with van der Waals surface area (Å²) in [5, 5.41) is 0. The van der Waals surface area contributed by atoms with E-state index >= 15 is 0 Å². The summed E-state index contributed by atoms with van der Waals surface area (Å²) in [5.74, 6) is 0.651. The number of hydrogen-bond acceptors (Lipinski definition) is 4. The van der Waals surface area contributed by atoms with Crippen LogP contribution in [0.2, 0.25) is 0 Å². The zero-order chi connectivity index (χ0) is 15.2. The van der Waals surface area contributed by atoms with Gasteiger partial charge in [0.1, 0.15) is 0 Å². The lowest BCUT2D eigenvalue weighted by molar-refractivity contribution is -0.132. The number of carbonyl (C=O) groups is 1. The summed E-state index contributed by atoms with van der Waals surface area (Å²) >= 11 is 0. The molecular formula is C13H27N3O3S. The van der Waals surface area contributed by atoms with Crippen molar-refractivity contribution < 1.29 is 13.2 Å². The third-order valence-corrected chi connectivity index (χ3v) is 5.78. The van der Waals surface area contributed by atoms with Crippen molar-refractivity contribution in [2.24, 2.45) is 11.7 Å². The number of rotatable bonds is 7. The lowest BCUT2D eigenvalue weighted by Gasteiger charge is -2.34. The first-order valence-corrected chi connectivity index (χ1v) is 8.97. The van der Waals surface area contributed by atoms with E-state index in [1.807, 2.05) is 13.8 Å². The Hall–Kier alpha value is -0.660. The topological polar surface area (TPSA) is 83.7 Å². The van der Waals surface area contributed by atoms with Crippen molar-refractivity contribution in [1.82, 2.24) is 9.21 Å². The maximum Gasteiger partial charge on any atom is 0.222 e. The van der Waals surface area contributed by atoms with E-state index in [2.05, 4.69) is 0 Å². The molecule has 20 heavy (non-hydrogen) atoms. The first-order chi connectivity index (χ1) is 9.40. The average molecular weight is 305 g/mol. The second kappa shape index (κ2) is 7.95. The van der Waals surface area contributed by atoms with Crippen LogP contribution >= 0.6 is 0 Å². The quantitative estimate of drug-likeness (QED) is 0.730. The molecule has 1 rings (SSSR count). The van der Waals surface area contributed by atoms with E-state index in [-0.39, 0.29) is 11.7 Å². The summed E-state index contributed by atoms with van der Waals surface area (Å²) < 4.78 is 25.4. The highest BCUT2D eigenvalue weighted by molar-refractivity contribution is 7.89. The van der Waals surface area contributed by atoms with Crippen molar-refractivity contribution in [3.63, 3.8) is 0 Å². The second-order valence-electron chi connectivity index (χ2n) is 5.48. The van der Waals surface area contributed by atoms with Gasteiger partial charge in [-0.3, -0.25) is 4.79 Å². The largest absolute Gasteiger partial charge is 0.340 e. The van der Waals surface area contributed by atoms with Crippen LogP contribution in [0.5, 0.6) is 0 Å². The SMILES string of the molecule is CCCS(=O)(=O)N1CCN(C(=O)CCC(C)CN)CC1. The van der Waals surface area contributed by atoms with Gasteiger partial charge in [0.05, 0.1) is 5.75 Å². The smallest absolute Gasteiger partial charge is 0.222 e. The molecule has 6 nitrogen and oxygen atoms in total. The van der Waals surface area contributed by atoms with Crippen molar-refractivity contribution in [3.8, 4) is 0 Å². The maximum atomic E-state index is 12.0. The van der Waals surface area contributed by atoms with Gasteiger partial charge in [-0.15, -0.1) is 0 Å². The van der Waals surface area contributed by atoms with Crippen LogP contribution in [0.4, 0.5) is 0 Å². The molecule has 0 aromatic carbocycles. The molecule has 7 heteroatoms. The van der Waals surface area contributed by atoms with E-state index in [0.29, 0.717) is 51.5 Å². The molecule has 0 aromatic heterocycles. The van der Waals surface area contributed by atoms with Crippen molar-refractivity contribution in [3.05, 3.63) is 0 Å². The summed E-state index contributed by atoms with van der Waals surface area (Å²) in [6, 6.07) is 0. The van der Waals surface area contributed by atoms with E-state index in [9.17, 15) is 13.2 Å². The molecule has 0 bridgehead atoms. The van der Waals surface area contributed by atoms with Gasteiger partial charge in [-0.1, -0.05) is 13.8 Å². The fourth-order valence-corrected chi connectivity index (χ4v) is 3.74. The third-order valence-electron chi connectivity index (χ3n) is 3.70. The Morgan fingerprint density at radius 2 is 1.85 bits per heavy atom. The summed E-state index contributed by atoms with van der Waals surface area (Å²) in [6.45, 7) is 6.31. The Kier molecular flexibility index (Phi) is 6.91. The van der Waals surface area contributed by atoms with Crippen molar-refractivity contribution >= 4 is 15.9 Å². The molecule has 1 atom stereocenters. The molecule has 1 amide bonds. The molecule has 1 aliphatic rings. The Balaban J connectivity index is 2.40. The number of piperazine rings is 1. The Bertz CT molecular complexity index is 403. The summed E-state index contributed by atoms with van der Waals surface area (Å²) in [5.41, 5.74) is 5.53. The average Bonchev–Trinajstić information content (AvgIpc) is 2.44. The normalized spacial score (nSPS) is 19.1. The Morgan fingerprint density at radius 3 is 2.35 bits per heavy atom. The number of sulfonamides is 1. The van der Waals surface area contributed by atoms with Gasteiger partial charge in [0, 0.05) is 32.6 Å². The zero-order valence-electron chi connectivity index (χ0n) is 12.5. The molecule has 1 fully saturated rings. The number of nitrogens with two attached hydrogens (primary N) is 1. The Labute approximate surface area is 122 Å². The van der Waals surface area contributed by atoms with Gasteiger partial charge in [0.2, 0.25) is 15.9 Å². The molecule has 0 radical (unpaired) electrons. The minimum Gasteiger partial charge on any atom is -0.340 e. The molecule has 0 spiro atoms. The molecule has 118 valence electrons. The van der Waals surface area contributed by atoms with Crippen LogP contribution in [0.25, 0.3) is 0 Å². The third kappa shape index (κ3) is 5.03. The molecule has 1 saturated heterocycles. The summed E-state index contributed by atoms with van der Waals surface area (Å²) in [4.78, 5) is 13.8. The van der Waals surface area contributed by atoms with Crippen molar-refractivity contribution in [2.75, 3.05) is 38.5 Å². The lowest BCUT2D eigenvalue weighted by Crippen LogP contribution is -2.51. The van der Waals surface area contributed by atoms with Gasteiger partial charge < -0.3 is 10.6 Å². The predicted molar refractivity (Wildman–Crippen MR) is 79.7 cm³/mol. The van der Waals surface area contributed by atoms with Gasteiger partial charge in [-0.05, 0) is 25.3 Å². The second-order valence-corrected chi connectivity index (χ2v) is 7.56. The fraction of sp³-hybridized carbons (Fsp3) is 0.923. The first-order valence-electron chi connectivity index (χ1n) is 7.36. The van der Waals surface area contributed by atoms with Crippen LogP contribution < -0.4 is 5.73 Å². The molecule has 0 aliphatic carbocycles. The van der Waals surface area contributed by atoms with Gasteiger partial charge in [-0.2, -0.15) is 4.31 Å². The van der Waals surface area contributed by atoms with E-state index in [1.165, 1.54) is 4.31 Å². The number of amides is 1. The monoisotopic (exact) mass is 305 g/mol. The zero-order valence-corrected chi connectivity index (χ0v) is 13.4. The van der Waals surface area contributed by atoms with Crippen LogP contribution in [0.3, 0.4) is 0 Å². The van der Waals surface area contributed by atoms with Gasteiger partial charge >= 0.3 is 0 Å². The fourth-order valence-electron chi connectivity index (χ4n) is 2.25. The molecule has 1 unspecified atom stereocenters. The number of carbonyl (C=O) groups excluding carboxylic acids is 1. The lowest BCUT2D eigenvalue weighted by atomic mass is 10.1. The first kappa shape index (κ1) is 17.4. The maximum absolute atomic E-state index is 12.0. The van der Waals surface area contributed by atoms with Gasteiger partial charge in [-0.25, -0.2) is 8.42 Å². The van der Waals surface area contributed by atoms with Crippen molar-refractivity contribution in [1.29, 1.82) is 0 Å². The molecule has 0 aromatic rings. The minimum absolute atomic E-state index is 0.109. The Morgan fingerprint density at radius 1 is 1.25 bits per heavy atom. The van der Waals surface area contributed by atoms with Crippen LogP contribution in [-0.4, -0.2) is 62.0 Å². The number of nitrogens with zero attached hydrogens (tertiary/aromatic N) is 2. The molecule has 0 saturated carbocycles. The van der Waals surface area contributed by atoms with Gasteiger partial charge in [0.25, 0.3) is 0 Å². The molecule has 1 heterocycles. The standard InChI is InChI=1S/C13H27N3O3S/c1-3-10-20(18,19)16-8-6-15(7-9-16)13(17)5-4-12(2)11-14/h12H,3-11,14H2,1-2H3. The summed E-state index contributed by atoms with van der Waals surface area (Å²) in [7, 11) is -3.13. The number of hydrogen-bond donors (Lipinski definition) is 1. The minimum atomic E-state index is -3.13. The van der Waals surface area contributed by atoms with Crippen molar-refractivity contribution in [2.45, 2.75) is 33.1 Å².